The third-order valence-corrected chi connectivity index (χ3v) is 2.91. The molecule has 16 heavy (non-hydrogen) atoms. The molecular formula is C8H12F6N2. The van der Waals surface area contributed by atoms with Crippen molar-refractivity contribution in [2.24, 2.45) is 17.7 Å². The summed E-state index contributed by atoms with van der Waals surface area (Å²) in [7, 11) is 0. The van der Waals surface area contributed by atoms with E-state index in [2.05, 4.69) is 0 Å². The van der Waals surface area contributed by atoms with Gasteiger partial charge in [0.05, 0.1) is 0 Å². The highest BCUT2D eigenvalue weighted by atomic mass is 19.4. The lowest BCUT2D eigenvalue weighted by molar-refractivity contribution is -0.296. The first-order valence-corrected chi connectivity index (χ1v) is 4.77. The van der Waals surface area contributed by atoms with Gasteiger partial charge in [-0.25, -0.2) is 0 Å². The lowest BCUT2D eigenvalue weighted by Crippen LogP contribution is -2.57. The zero-order chi connectivity index (χ0) is 12.6. The predicted octanol–water partition coefficient (Wildman–Crippen LogP) is 2.36. The molecule has 1 atom stereocenters. The highest BCUT2D eigenvalue weighted by molar-refractivity contribution is 4.93. The van der Waals surface area contributed by atoms with Gasteiger partial charge in [-0.2, -0.15) is 26.3 Å². The molecule has 0 radical (unpaired) electrons. The predicted molar refractivity (Wildman–Crippen MR) is 44.1 cm³/mol. The Morgan fingerprint density at radius 2 is 1.44 bits per heavy atom. The Morgan fingerprint density at radius 1 is 1.00 bits per heavy atom. The van der Waals surface area contributed by atoms with Gasteiger partial charge in [0.1, 0.15) is 0 Å². The van der Waals surface area contributed by atoms with Crippen LogP contribution in [0.3, 0.4) is 0 Å². The standard InChI is InChI=1S/C8H12F6N2/c9-7(10,11)6(8(12,13)14)5(16-15)4-2-1-3-4/h4-6,16H,1-3,15H2. The largest absolute Gasteiger partial charge is 0.402 e. The van der Waals surface area contributed by atoms with Crippen LogP contribution >= 0.6 is 0 Å². The van der Waals surface area contributed by atoms with Gasteiger partial charge in [0.25, 0.3) is 0 Å². The molecule has 1 rings (SSSR count). The van der Waals surface area contributed by atoms with Gasteiger partial charge in [-0.15, -0.1) is 0 Å². The second kappa shape index (κ2) is 4.40. The SMILES string of the molecule is NNC(C1CCC1)C(C(F)(F)F)C(F)(F)F. The summed E-state index contributed by atoms with van der Waals surface area (Å²) in [6.07, 6.45) is -9.32. The van der Waals surface area contributed by atoms with Gasteiger partial charge < -0.3 is 0 Å². The van der Waals surface area contributed by atoms with Gasteiger partial charge in [-0.1, -0.05) is 6.42 Å². The zero-order valence-corrected chi connectivity index (χ0v) is 8.20. The molecule has 1 aliphatic carbocycles. The lowest BCUT2D eigenvalue weighted by Gasteiger charge is -2.39. The van der Waals surface area contributed by atoms with Crippen LogP contribution in [0, 0.1) is 11.8 Å². The molecule has 1 unspecified atom stereocenters. The molecule has 1 aliphatic rings. The molecule has 0 aliphatic heterocycles. The van der Waals surface area contributed by atoms with Crippen molar-refractivity contribution in [1.82, 2.24) is 5.43 Å². The highest BCUT2D eigenvalue weighted by Gasteiger charge is 2.61. The van der Waals surface area contributed by atoms with E-state index in [1.54, 1.807) is 5.43 Å². The average Bonchev–Trinajstić information content (AvgIpc) is 1.93. The molecule has 0 saturated heterocycles. The van der Waals surface area contributed by atoms with Crippen LogP contribution in [0.5, 0.6) is 0 Å². The summed E-state index contributed by atoms with van der Waals surface area (Å²) in [4.78, 5) is 0. The quantitative estimate of drug-likeness (QED) is 0.458. The van der Waals surface area contributed by atoms with Crippen LogP contribution in [-0.2, 0) is 0 Å². The minimum absolute atomic E-state index is 0.345. The molecular weight excluding hydrogens is 238 g/mol. The Bertz CT molecular complexity index is 218. The Morgan fingerprint density at radius 3 is 1.62 bits per heavy atom. The monoisotopic (exact) mass is 250 g/mol. The fourth-order valence-electron chi connectivity index (χ4n) is 1.90. The molecule has 1 fully saturated rings. The molecule has 0 aromatic carbocycles. The number of hydrogen-bond acceptors (Lipinski definition) is 2. The van der Waals surface area contributed by atoms with E-state index in [1.165, 1.54) is 0 Å². The van der Waals surface area contributed by atoms with E-state index < -0.39 is 30.2 Å². The Hall–Kier alpha value is -0.500. The zero-order valence-electron chi connectivity index (χ0n) is 8.20. The number of alkyl halides is 6. The Kier molecular flexibility index (Phi) is 3.73. The van der Waals surface area contributed by atoms with E-state index in [0.29, 0.717) is 19.3 Å². The normalized spacial score (nSPS) is 21.0. The Balaban J connectivity index is 2.89. The highest BCUT2D eigenvalue weighted by Crippen LogP contribution is 2.46. The summed E-state index contributed by atoms with van der Waals surface area (Å²) in [6.45, 7) is 0. The summed E-state index contributed by atoms with van der Waals surface area (Å²) in [5.74, 6) is 0.780. The van der Waals surface area contributed by atoms with Crippen LogP contribution in [0.4, 0.5) is 26.3 Å². The van der Waals surface area contributed by atoms with Crippen LogP contribution in [0.2, 0.25) is 0 Å². The molecule has 1 saturated carbocycles. The fourth-order valence-corrected chi connectivity index (χ4v) is 1.90. The van der Waals surface area contributed by atoms with Crippen LogP contribution in [-0.4, -0.2) is 18.4 Å². The third-order valence-electron chi connectivity index (χ3n) is 2.91. The minimum atomic E-state index is -5.33. The second-order valence-electron chi connectivity index (χ2n) is 3.94. The van der Waals surface area contributed by atoms with E-state index in [4.69, 9.17) is 5.84 Å². The second-order valence-corrected chi connectivity index (χ2v) is 3.94. The van der Waals surface area contributed by atoms with Gasteiger partial charge in [0.2, 0.25) is 0 Å². The maximum atomic E-state index is 12.4. The first kappa shape index (κ1) is 13.6. The van der Waals surface area contributed by atoms with Crippen molar-refractivity contribution in [1.29, 1.82) is 0 Å². The molecule has 0 spiro atoms. The van der Waals surface area contributed by atoms with Gasteiger partial charge in [-0.3, -0.25) is 11.3 Å². The first-order valence-electron chi connectivity index (χ1n) is 4.77. The van der Waals surface area contributed by atoms with E-state index in [0.717, 1.165) is 0 Å². The fraction of sp³-hybridized carbons (Fsp3) is 1.00. The number of hydrogen-bond donors (Lipinski definition) is 2. The van der Waals surface area contributed by atoms with E-state index >= 15 is 0 Å². The summed E-state index contributed by atoms with van der Waals surface area (Å²) in [5, 5.41) is 0. The van der Waals surface area contributed by atoms with Crippen LogP contribution in [0.25, 0.3) is 0 Å². The maximum Gasteiger partial charge on any atom is 0.402 e. The molecule has 96 valence electrons. The molecule has 0 bridgehead atoms. The minimum Gasteiger partial charge on any atom is -0.271 e. The van der Waals surface area contributed by atoms with Crippen LogP contribution in [0.1, 0.15) is 19.3 Å². The number of nitrogens with one attached hydrogen (secondary N) is 1. The van der Waals surface area contributed by atoms with Crippen molar-refractivity contribution in [2.75, 3.05) is 0 Å². The molecule has 0 aromatic heterocycles. The topological polar surface area (TPSA) is 38.0 Å². The summed E-state index contributed by atoms with van der Waals surface area (Å²) >= 11 is 0. The number of rotatable bonds is 3. The molecule has 2 nitrogen and oxygen atoms in total. The maximum absolute atomic E-state index is 12.4. The third kappa shape index (κ3) is 2.79. The summed E-state index contributed by atoms with van der Waals surface area (Å²) in [6, 6.07) is -1.78. The van der Waals surface area contributed by atoms with Gasteiger partial charge in [0.15, 0.2) is 5.92 Å². The number of halogens is 6. The van der Waals surface area contributed by atoms with Crippen molar-refractivity contribution in [2.45, 2.75) is 37.7 Å². The van der Waals surface area contributed by atoms with E-state index in [1.807, 2.05) is 0 Å². The first-order chi connectivity index (χ1) is 7.18. The van der Waals surface area contributed by atoms with E-state index in [9.17, 15) is 26.3 Å². The van der Waals surface area contributed by atoms with Crippen molar-refractivity contribution >= 4 is 0 Å². The van der Waals surface area contributed by atoms with E-state index in [-0.39, 0.29) is 0 Å². The van der Waals surface area contributed by atoms with Gasteiger partial charge in [-0.05, 0) is 18.8 Å². The molecule has 0 aromatic rings. The Labute approximate surface area is 88.1 Å². The number of nitrogens with two attached hydrogens (primary N) is 1. The average molecular weight is 250 g/mol. The number of hydrazine groups is 1. The summed E-state index contributed by atoms with van der Waals surface area (Å²) < 4.78 is 74.1. The molecule has 8 heteroatoms. The van der Waals surface area contributed by atoms with Gasteiger partial charge >= 0.3 is 12.4 Å². The molecule has 3 N–H and O–H groups in total. The van der Waals surface area contributed by atoms with Gasteiger partial charge in [0, 0.05) is 6.04 Å². The summed E-state index contributed by atoms with van der Waals surface area (Å²) in [5.41, 5.74) is 1.68. The van der Waals surface area contributed by atoms with Crippen molar-refractivity contribution < 1.29 is 26.3 Å². The van der Waals surface area contributed by atoms with Crippen LogP contribution in [0.15, 0.2) is 0 Å². The molecule has 0 heterocycles. The van der Waals surface area contributed by atoms with Crippen molar-refractivity contribution in [3.63, 3.8) is 0 Å². The van der Waals surface area contributed by atoms with Crippen molar-refractivity contribution in [3.8, 4) is 0 Å². The smallest absolute Gasteiger partial charge is 0.271 e. The lowest BCUT2D eigenvalue weighted by atomic mass is 9.74. The molecule has 0 amide bonds. The van der Waals surface area contributed by atoms with Crippen LogP contribution < -0.4 is 11.3 Å². The van der Waals surface area contributed by atoms with Crippen molar-refractivity contribution in [3.05, 3.63) is 0 Å².